The lowest BCUT2D eigenvalue weighted by molar-refractivity contribution is 1.46. The lowest BCUT2D eigenvalue weighted by atomic mass is 10.3. The molecular weight excluding hydrogens is 202 g/mol. The minimum Gasteiger partial charge on any atom is -0.237 e. The highest BCUT2D eigenvalue weighted by atomic mass is 35.5. The Morgan fingerprint density at radius 3 is 2.92 bits per heavy atom. The highest BCUT2D eigenvalue weighted by molar-refractivity contribution is 7.19. The van der Waals surface area contributed by atoms with Gasteiger partial charge in [-0.1, -0.05) is 23.7 Å². The monoisotopic (exact) mass is 209 g/mol. The summed E-state index contributed by atoms with van der Waals surface area (Å²) in [6.45, 7) is 1.85. The van der Waals surface area contributed by atoms with E-state index in [9.17, 15) is 0 Å². The van der Waals surface area contributed by atoms with Crippen molar-refractivity contribution in [3.05, 3.63) is 34.3 Å². The molecule has 0 spiro atoms. The summed E-state index contributed by atoms with van der Waals surface area (Å²) in [6, 6.07) is 8.07. The summed E-state index contributed by atoms with van der Waals surface area (Å²) in [5.41, 5.74) is 1.04. The normalized spacial score (nSPS) is 12.3. The maximum absolute atomic E-state index is 5.77. The summed E-state index contributed by atoms with van der Waals surface area (Å²) < 4.78 is 1.20. The molecule has 0 saturated carbocycles. The molecule has 2 rings (SSSR count). The zero-order chi connectivity index (χ0) is 9.26. The van der Waals surface area contributed by atoms with E-state index in [1.807, 2.05) is 31.2 Å². The number of halogens is 1. The van der Waals surface area contributed by atoms with Crippen LogP contribution in [-0.4, -0.2) is 4.98 Å². The van der Waals surface area contributed by atoms with Gasteiger partial charge < -0.3 is 0 Å². The summed E-state index contributed by atoms with van der Waals surface area (Å²) in [7, 11) is 0. The largest absolute Gasteiger partial charge is 0.237 e. The maximum Gasteiger partial charge on any atom is 0.118 e. The molecule has 0 aliphatic rings. The molecule has 0 unspecified atom stereocenters. The van der Waals surface area contributed by atoms with Crippen molar-refractivity contribution >= 4 is 39.2 Å². The number of thiazole rings is 1. The second kappa shape index (κ2) is 3.48. The minimum atomic E-state index is 0.763. The van der Waals surface area contributed by atoms with Crippen molar-refractivity contribution in [2.75, 3.05) is 0 Å². The van der Waals surface area contributed by atoms with Crippen LogP contribution in [0.1, 0.15) is 11.9 Å². The summed E-state index contributed by atoms with van der Waals surface area (Å²) in [5.74, 6) is 0. The third-order valence-corrected chi connectivity index (χ3v) is 2.73. The quantitative estimate of drug-likeness (QED) is 0.694. The van der Waals surface area contributed by atoms with Crippen LogP contribution in [-0.2, 0) is 0 Å². The number of allylic oxidation sites excluding steroid dienone is 1. The van der Waals surface area contributed by atoms with Gasteiger partial charge in [-0.3, -0.25) is 0 Å². The van der Waals surface area contributed by atoms with Crippen molar-refractivity contribution < 1.29 is 0 Å². The number of aromatic nitrogens is 1. The van der Waals surface area contributed by atoms with Gasteiger partial charge in [0, 0.05) is 5.03 Å². The molecule has 0 aliphatic carbocycles. The van der Waals surface area contributed by atoms with Crippen LogP contribution in [0.5, 0.6) is 0 Å². The van der Waals surface area contributed by atoms with Crippen LogP contribution in [0, 0.1) is 0 Å². The van der Waals surface area contributed by atoms with Crippen LogP contribution in [0.25, 0.3) is 16.3 Å². The van der Waals surface area contributed by atoms with E-state index in [1.165, 1.54) is 4.70 Å². The fourth-order valence-corrected chi connectivity index (χ4v) is 2.26. The Morgan fingerprint density at radius 2 is 2.23 bits per heavy atom. The molecule has 0 radical (unpaired) electrons. The Bertz CT molecular complexity index is 422. The topological polar surface area (TPSA) is 12.9 Å². The van der Waals surface area contributed by atoms with E-state index in [-0.39, 0.29) is 0 Å². The Morgan fingerprint density at radius 1 is 1.46 bits per heavy atom. The fraction of sp³-hybridized carbons (Fsp3) is 0.100. The first-order valence-corrected chi connectivity index (χ1v) is 5.14. The average molecular weight is 210 g/mol. The molecule has 2 aromatic rings. The highest BCUT2D eigenvalue weighted by Crippen LogP contribution is 2.23. The lowest BCUT2D eigenvalue weighted by Gasteiger charge is -1.81. The molecule has 1 aromatic carbocycles. The van der Waals surface area contributed by atoms with E-state index in [1.54, 1.807) is 11.3 Å². The van der Waals surface area contributed by atoms with E-state index >= 15 is 0 Å². The second-order valence-corrected chi connectivity index (χ2v) is 4.41. The van der Waals surface area contributed by atoms with Gasteiger partial charge in [-0.05, 0) is 25.1 Å². The molecule has 0 bridgehead atoms. The molecule has 0 amide bonds. The Balaban J connectivity index is 2.56. The third kappa shape index (κ3) is 1.90. The molecule has 1 aromatic heterocycles. The minimum absolute atomic E-state index is 0.763. The average Bonchev–Trinajstić information content (AvgIpc) is 2.44. The molecule has 0 saturated heterocycles. The molecule has 0 N–H and O–H groups in total. The van der Waals surface area contributed by atoms with Gasteiger partial charge in [-0.15, -0.1) is 11.3 Å². The van der Waals surface area contributed by atoms with Crippen molar-refractivity contribution in [2.24, 2.45) is 0 Å². The van der Waals surface area contributed by atoms with Crippen LogP contribution in [0.2, 0.25) is 0 Å². The molecule has 0 aliphatic heterocycles. The zero-order valence-electron chi connectivity index (χ0n) is 7.12. The number of benzene rings is 1. The van der Waals surface area contributed by atoms with Gasteiger partial charge in [-0.25, -0.2) is 4.98 Å². The number of fused-ring (bicyclic) bond motifs is 1. The van der Waals surface area contributed by atoms with Crippen LogP contribution >= 0.6 is 22.9 Å². The first-order valence-electron chi connectivity index (χ1n) is 3.95. The Labute approximate surface area is 85.7 Å². The summed E-state index contributed by atoms with van der Waals surface area (Å²) in [4.78, 5) is 4.41. The Kier molecular flexibility index (Phi) is 2.34. The van der Waals surface area contributed by atoms with Gasteiger partial charge in [0.25, 0.3) is 0 Å². The van der Waals surface area contributed by atoms with Crippen LogP contribution in [0.3, 0.4) is 0 Å². The van der Waals surface area contributed by atoms with Gasteiger partial charge in [-0.2, -0.15) is 0 Å². The van der Waals surface area contributed by atoms with E-state index in [2.05, 4.69) is 11.1 Å². The van der Waals surface area contributed by atoms with E-state index in [4.69, 9.17) is 11.6 Å². The predicted molar refractivity (Wildman–Crippen MR) is 59.1 cm³/mol. The molecule has 66 valence electrons. The molecule has 0 fully saturated rings. The summed E-state index contributed by atoms with van der Waals surface area (Å²) in [6.07, 6.45) is 1.88. The second-order valence-electron chi connectivity index (χ2n) is 2.75. The fourth-order valence-electron chi connectivity index (χ4n) is 1.12. The number of nitrogens with zero attached hydrogens (tertiary/aromatic N) is 1. The third-order valence-electron chi connectivity index (χ3n) is 1.63. The number of hydrogen-bond acceptors (Lipinski definition) is 2. The molecule has 3 heteroatoms. The molecule has 1 nitrogen and oxygen atoms in total. The highest BCUT2D eigenvalue weighted by Gasteiger charge is 1.99. The van der Waals surface area contributed by atoms with Gasteiger partial charge in [0.1, 0.15) is 5.01 Å². The summed E-state index contributed by atoms with van der Waals surface area (Å²) in [5, 5.41) is 1.73. The molecule has 13 heavy (non-hydrogen) atoms. The molecule has 1 heterocycles. The standard InChI is InChI=1S/C10H8ClNS/c1-7(11)6-10-12-8-4-2-3-5-9(8)13-10/h2-6H,1H3. The van der Waals surface area contributed by atoms with Crippen molar-refractivity contribution in [1.29, 1.82) is 0 Å². The summed E-state index contributed by atoms with van der Waals surface area (Å²) >= 11 is 7.42. The lowest BCUT2D eigenvalue weighted by Crippen LogP contribution is -1.68. The smallest absolute Gasteiger partial charge is 0.118 e. The maximum atomic E-state index is 5.77. The Hall–Kier alpha value is -0.860. The van der Waals surface area contributed by atoms with Crippen molar-refractivity contribution in [3.8, 4) is 0 Å². The van der Waals surface area contributed by atoms with E-state index < -0.39 is 0 Å². The van der Waals surface area contributed by atoms with Crippen molar-refractivity contribution in [1.82, 2.24) is 4.98 Å². The van der Waals surface area contributed by atoms with E-state index in [0.717, 1.165) is 15.6 Å². The first kappa shape index (κ1) is 8.73. The van der Waals surface area contributed by atoms with E-state index in [0.29, 0.717) is 0 Å². The SMILES string of the molecule is CC(Cl)=Cc1nc2ccccc2s1. The molecular formula is C10H8ClNS. The van der Waals surface area contributed by atoms with Crippen molar-refractivity contribution in [3.63, 3.8) is 0 Å². The predicted octanol–water partition coefficient (Wildman–Crippen LogP) is 3.90. The van der Waals surface area contributed by atoms with Gasteiger partial charge in [0.2, 0.25) is 0 Å². The van der Waals surface area contributed by atoms with Gasteiger partial charge in [0.05, 0.1) is 10.2 Å². The van der Waals surface area contributed by atoms with Crippen LogP contribution < -0.4 is 0 Å². The number of hydrogen-bond donors (Lipinski definition) is 0. The molecule has 0 atom stereocenters. The van der Waals surface area contributed by atoms with Crippen LogP contribution in [0.4, 0.5) is 0 Å². The first-order chi connectivity index (χ1) is 6.25. The van der Waals surface area contributed by atoms with Gasteiger partial charge in [0.15, 0.2) is 0 Å². The van der Waals surface area contributed by atoms with Crippen LogP contribution in [0.15, 0.2) is 29.3 Å². The number of para-hydroxylation sites is 1. The zero-order valence-corrected chi connectivity index (χ0v) is 8.69. The number of rotatable bonds is 1. The van der Waals surface area contributed by atoms with Crippen molar-refractivity contribution in [2.45, 2.75) is 6.92 Å². The van der Waals surface area contributed by atoms with Gasteiger partial charge >= 0.3 is 0 Å².